The van der Waals surface area contributed by atoms with E-state index in [1.807, 2.05) is 49.4 Å². The van der Waals surface area contributed by atoms with E-state index in [0.29, 0.717) is 45.0 Å². The largest absolute Gasteiger partial charge is 0.457 e. The summed E-state index contributed by atoms with van der Waals surface area (Å²) >= 11 is 0. The zero-order valence-electron chi connectivity index (χ0n) is 27.2. The Morgan fingerprint density at radius 3 is 1.65 bits per heavy atom. The van der Waals surface area contributed by atoms with Gasteiger partial charge in [-0.25, -0.2) is 4.90 Å². The minimum Gasteiger partial charge on any atom is -0.457 e. The number of fused-ring (bicyclic) bond motifs is 2. The van der Waals surface area contributed by atoms with Crippen LogP contribution in [0.4, 0.5) is 5.69 Å². The highest BCUT2D eigenvalue weighted by molar-refractivity contribution is 6.34. The molecule has 2 aliphatic heterocycles. The number of carbonyl (C=O) groups excluding carboxylic acids is 4. The Bertz CT molecular complexity index is 2160. The fourth-order valence-electron chi connectivity index (χ4n) is 5.98. The maximum absolute atomic E-state index is 13.6. The van der Waals surface area contributed by atoms with E-state index >= 15 is 0 Å². The van der Waals surface area contributed by atoms with Gasteiger partial charge < -0.3 is 9.47 Å². The zero-order valence-corrected chi connectivity index (χ0v) is 27.2. The fraction of sp³-hybridized carbons (Fsp3) is 0.150. The van der Waals surface area contributed by atoms with Gasteiger partial charge in [-0.05, 0) is 102 Å². The molecule has 8 nitrogen and oxygen atoms in total. The Kier molecular flexibility index (Phi) is 7.24. The highest BCUT2D eigenvalue weighted by atomic mass is 16.5. The van der Waals surface area contributed by atoms with Crippen LogP contribution in [-0.2, 0) is 5.41 Å². The van der Waals surface area contributed by atoms with Crippen molar-refractivity contribution in [1.29, 1.82) is 0 Å². The Labute approximate surface area is 278 Å². The lowest BCUT2D eigenvalue weighted by Crippen LogP contribution is -2.29. The van der Waals surface area contributed by atoms with E-state index in [2.05, 4.69) is 20.8 Å². The van der Waals surface area contributed by atoms with Crippen molar-refractivity contribution >= 4 is 29.3 Å². The lowest BCUT2D eigenvalue weighted by Gasteiger charge is -2.23. The predicted octanol–water partition coefficient (Wildman–Crippen LogP) is 8.57. The van der Waals surface area contributed by atoms with Crippen LogP contribution < -0.4 is 14.4 Å². The van der Waals surface area contributed by atoms with Crippen LogP contribution in [0.25, 0.3) is 11.1 Å². The molecule has 238 valence electrons. The van der Waals surface area contributed by atoms with Crippen molar-refractivity contribution in [2.24, 2.45) is 0 Å². The number of hydrogen-bond donors (Lipinski definition) is 0. The molecule has 0 N–H and O–H groups in total. The third-order valence-corrected chi connectivity index (χ3v) is 8.65. The van der Waals surface area contributed by atoms with Gasteiger partial charge in [0.2, 0.25) is 0 Å². The van der Waals surface area contributed by atoms with E-state index in [1.54, 1.807) is 60.7 Å². The monoisotopic (exact) mass is 636 g/mol. The number of anilines is 1. The molecule has 0 bridgehead atoms. The van der Waals surface area contributed by atoms with Gasteiger partial charge >= 0.3 is 0 Å². The molecule has 8 heteroatoms. The van der Waals surface area contributed by atoms with Crippen LogP contribution >= 0.6 is 0 Å². The van der Waals surface area contributed by atoms with E-state index in [-0.39, 0.29) is 22.8 Å². The van der Waals surface area contributed by atoms with Gasteiger partial charge in [0.1, 0.15) is 23.0 Å². The molecule has 0 aromatic heterocycles. The molecule has 7 rings (SSSR count). The standard InChI is InChI=1S/C40H32N2O6/c1-23-6-12-28(13-7-23)48-35-19-16-29(22-34(35)40(2,3)4)47-27-14-10-26(11-15-27)42-38(45)31-18-9-25(21-33(31)39(42)46)24-8-17-30-32(20-24)37(44)41(5)36(30)43/h6-22H,1-5H3. The van der Waals surface area contributed by atoms with Crippen LogP contribution in [-0.4, -0.2) is 35.6 Å². The molecule has 5 aromatic rings. The molecule has 0 aliphatic carbocycles. The number of ether oxygens (including phenoxy) is 2. The number of nitrogens with zero attached hydrogens (tertiary/aromatic N) is 2. The number of rotatable bonds is 6. The van der Waals surface area contributed by atoms with Crippen molar-refractivity contribution in [3.05, 3.63) is 137 Å². The van der Waals surface area contributed by atoms with Crippen LogP contribution in [0, 0.1) is 6.92 Å². The number of benzene rings is 5. The van der Waals surface area contributed by atoms with Gasteiger partial charge in [-0.15, -0.1) is 0 Å². The molecular formula is C40H32N2O6. The molecule has 0 radical (unpaired) electrons. The summed E-state index contributed by atoms with van der Waals surface area (Å²) in [5.41, 5.74) is 4.86. The molecule has 0 atom stereocenters. The second-order valence-electron chi connectivity index (χ2n) is 13.1. The Balaban J connectivity index is 1.10. The molecule has 0 spiro atoms. The van der Waals surface area contributed by atoms with Crippen molar-refractivity contribution in [3.63, 3.8) is 0 Å². The fourth-order valence-corrected chi connectivity index (χ4v) is 5.98. The molecule has 4 amide bonds. The summed E-state index contributed by atoms with van der Waals surface area (Å²) in [6.45, 7) is 8.37. The second kappa shape index (κ2) is 11.3. The maximum atomic E-state index is 13.6. The second-order valence-corrected chi connectivity index (χ2v) is 13.1. The minimum absolute atomic E-state index is 0.220. The summed E-state index contributed by atoms with van der Waals surface area (Å²) in [6, 6.07) is 30.4. The number of amides is 4. The van der Waals surface area contributed by atoms with Gasteiger partial charge in [0.05, 0.1) is 27.9 Å². The normalized spacial score (nSPS) is 14.0. The molecule has 5 aromatic carbocycles. The molecular weight excluding hydrogens is 604 g/mol. The molecule has 0 fully saturated rings. The van der Waals surface area contributed by atoms with E-state index in [4.69, 9.17) is 9.47 Å². The highest BCUT2D eigenvalue weighted by Crippen LogP contribution is 2.39. The summed E-state index contributed by atoms with van der Waals surface area (Å²) in [5.74, 6) is 1.07. The third-order valence-electron chi connectivity index (χ3n) is 8.65. The van der Waals surface area contributed by atoms with Crippen molar-refractivity contribution in [1.82, 2.24) is 4.90 Å². The molecule has 48 heavy (non-hydrogen) atoms. The average molecular weight is 637 g/mol. The first-order valence-electron chi connectivity index (χ1n) is 15.6. The number of hydrogen-bond acceptors (Lipinski definition) is 6. The van der Waals surface area contributed by atoms with Crippen LogP contribution in [0.15, 0.2) is 103 Å². The lowest BCUT2D eigenvalue weighted by molar-refractivity contribution is 0.0692. The third kappa shape index (κ3) is 5.31. The Morgan fingerprint density at radius 1 is 0.521 bits per heavy atom. The molecule has 0 saturated heterocycles. The van der Waals surface area contributed by atoms with Gasteiger partial charge in [-0.2, -0.15) is 0 Å². The van der Waals surface area contributed by atoms with E-state index in [0.717, 1.165) is 32.4 Å². The van der Waals surface area contributed by atoms with Crippen LogP contribution in [0.3, 0.4) is 0 Å². The Morgan fingerprint density at radius 2 is 1.02 bits per heavy atom. The molecule has 2 heterocycles. The summed E-state index contributed by atoms with van der Waals surface area (Å²) in [4.78, 5) is 54.0. The number of aryl methyl sites for hydroxylation is 1. The van der Waals surface area contributed by atoms with Crippen LogP contribution in [0.1, 0.15) is 73.3 Å². The SMILES string of the molecule is Cc1ccc(Oc2ccc(Oc3ccc(N4C(=O)c5ccc(-c6ccc7c(c6)C(=O)N(C)C7=O)cc5C4=O)cc3)cc2C(C)(C)C)cc1. The van der Waals surface area contributed by atoms with Gasteiger partial charge in [-0.1, -0.05) is 50.6 Å². The molecule has 2 aliphatic rings. The van der Waals surface area contributed by atoms with E-state index in [9.17, 15) is 19.2 Å². The zero-order chi connectivity index (χ0) is 33.9. The summed E-state index contributed by atoms with van der Waals surface area (Å²) in [6.07, 6.45) is 0. The van der Waals surface area contributed by atoms with E-state index in [1.165, 1.54) is 7.05 Å². The minimum atomic E-state index is -0.448. The molecule has 0 unspecified atom stereocenters. The van der Waals surface area contributed by atoms with Crippen molar-refractivity contribution < 1.29 is 28.7 Å². The van der Waals surface area contributed by atoms with Crippen LogP contribution in [0.2, 0.25) is 0 Å². The van der Waals surface area contributed by atoms with Crippen molar-refractivity contribution in [2.45, 2.75) is 33.1 Å². The average Bonchev–Trinajstić information content (AvgIpc) is 3.45. The maximum Gasteiger partial charge on any atom is 0.266 e. The van der Waals surface area contributed by atoms with Gasteiger partial charge in [0.25, 0.3) is 23.6 Å². The van der Waals surface area contributed by atoms with Gasteiger partial charge in [0, 0.05) is 12.6 Å². The van der Waals surface area contributed by atoms with Crippen molar-refractivity contribution in [3.8, 4) is 34.1 Å². The topological polar surface area (TPSA) is 93.2 Å². The first kappa shape index (κ1) is 30.6. The summed E-state index contributed by atoms with van der Waals surface area (Å²) in [5, 5.41) is 0. The lowest BCUT2D eigenvalue weighted by atomic mass is 9.86. The summed E-state index contributed by atoms with van der Waals surface area (Å²) in [7, 11) is 1.44. The summed E-state index contributed by atoms with van der Waals surface area (Å²) < 4.78 is 12.4. The number of carbonyl (C=O) groups is 4. The highest BCUT2D eigenvalue weighted by Gasteiger charge is 2.37. The first-order valence-corrected chi connectivity index (χ1v) is 15.6. The quantitative estimate of drug-likeness (QED) is 0.173. The number of imide groups is 2. The smallest absolute Gasteiger partial charge is 0.266 e. The van der Waals surface area contributed by atoms with Gasteiger partial charge in [-0.3, -0.25) is 24.1 Å². The van der Waals surface area contributed by atoms with Crippen molar-refractivity contribution in [2.75, 3.05) is 11.9 Å². The van der Waals surface area contributed by atoms with Crippen LogP contribution in [0.5, 0.6) is 23.0 Å². The van der Waals surface area contributed by atoms with Gasteiger partial charge in [0.15, 0.2) is 0 Å². The first-order chi connectivity index (χ1) is 22.9. The Hall–Kier alpha value is -6.02. The van der Waals surface area contributed by atoms with E-state index < -0.39 is 11.8 Å². The molecule has 0 saturated carbocycles. The predicted molar refractivity (Wildman–Crippen MR) is 182 cm³/mol.